The lowest BCUT2D eigenvalue weighted by Gasteiger charge is -2.02. The Bertz CT molecular complexity index is 367. The van der Waals surface area contributed by atoms with Gasteiger partial charge < -0.3 is 9.84 Å². The highest BCUT2D eigenvalue weighted by atomic mass is 16.5. The molecule has 1 aromatic rings. The molecule has 16 heavy (non-hydrogen) atoms. The van der Waals surface area contributed by atoms with Gasteiger partial charge in [-0.3, -0.25) is 4.79 Å². The molecule has 0 spiro atoms. The van der Waals surface area contributed by atoms with Crippen LogP contribution in [0.2, 0.25) is 0 Å². The van der Waals surface area contributed by atoms with Gasteiger partial charge in [-0.05, 0) is 18.4 Å². The predicted molar refractivity (Wildman–Crippen MR) is 58.2 cm³/mol. The van der Waals surface area contributed by atoms with Gasteiger partial charge in [0, 0.05) is 12.2 Å². The number of carbonyl (C=O) groups excluding carboxylic acids is 2. The number of aliphatic hydroxyl groups is 1. The van der Waals surface area contributed by atoms with Crippen LogP contribution in [-0.2, 0) is 16.0 Å². The Morgan fingerprint density at radius 1 is 1.25 bits per heavy atom. The Hall–Kier alpha value is -1.68. The second kappa shape index (κ2) is 6.02. The zero-order chi connectivity index (χ0) is 12.0. The summed E-state index contributed by atoms with van der Waals surface area (Å²) in [5.41, 5.74) is 1.34. The molecule has 0 saturated heterocycles. The molecule has 0 atom stereocenters. The SMILES string of the molecule is COC(=O)C(=O)c1ccc(CCCO)cc1. The van der Waals surface area contributed by atoms with E-state index in [1.165, 1.54) is 7.11 Å². The van der Waals surface area contributed by atoms with E-state index in [-0.39, 0.29) is 6.61 Å². The number of benzene rings is 1. The maximum atomic E-state index is 11.4. The number of ketones is 1. The van der Waals surface area contributed by atoms with E-state index in [1.807, 2.05) is 0 Å². The van der Waals surface area contributed by atoms with Gasteiger partial charge in [-0.25, -0.2) is 4.79 Å². The van der Waals surface area contributed by atoms with E-state index in [0.717, 1.165) is 12.0 Å². The van der Waals surface area contributed by atoms with Crippen molar-refractivity contribution in [1.29, 1.82) is 0 Å². The maximum absolute atomic E-state index is 11.4. The van der Waals surface area contributed by atoms with Gasteiger partial charge in [-0.15, -0.1) is 0 Å². The molecule has 0 radical (unpaired) electrons. The molecular formula is C12H14O4. The van der Waals surface area contributed by atoms with Gasteiger partial charge >= 0.3 is 5.97 Å². The minimum Gasteiger partial charge on any atom is -0.463 e. The molecule has 1 N–H and O–H groups in total. The summed E-state index contributed by atoms with van der Waals surface area (Å²) in [4.78, 5) is 22.4. The topological polar surface area (TPSA) is 63.6 Å². The van der Waals surface area contributed by atoms with Crippen LogP contribution in [0, 0.1) is 0 Å². The normalized spacial score (nSPS) is 9.88. The van der Waals surface area contributed by atoms with Crippen molar-refractivity contribution in [2.24, 2.45) is 0 Å². The number of esters is 1. The third kappa shape index (κ3) is 3.17. The Morgan fingerprint density at radius 3 is 2.38 bits per heavy atom. The molecule has 0 bridgehead atoms. The second-order valence-electron chi connectivity index (χ2n) is 3.34. The number of hydrogen-bond donors (Lipinski definition) is 1. The van der Waals surface area contributed by atoms with Crippen molar-refractivity contribution < 1.29 is 19.4 Å². The summed E-state index contributed by atoms with van der Waals surface area (Å²) < 4.78 is 4.34. The van der Waals surface area contributed by atoms with E-state index in [1.54, 1.807) is 24.3 Å². The van der Waals surface area contributed by atoms with E-state index in [9.17, 15) is 9.59 Å². The largest absolute Gasteiger partial charge is 0.463 e. The molecule has 0 aromatic heterocycles. The molecular weight excluding hydrogens is 208 g/mol. The number of methoxy groups -OCH3 is 1. The fraction of sp³-hybridized carbons (Fsp3) is 0.333. The Morgan fingerprint density at radius 2 is 1.88 bits per heavy atom. The summed E-state index contributed by atoms with van der Waals surface area (Å²) in [6.45, 7) is 0.142. The standard InChI is InChI=1S/C12H14O4/c1-16-12(15)11(14)10-6-4-9(5-7-10)3-2-8-13/h4-7,13H,2-3,8H2,1H3. The number of carbonyl (C=O) groups is 2. The quantitative estimate of drug-likeness (QED) is 0.458. The molecule has 0 aliphatic carbocycles. The van der Waals surface area contributed by atoms with Gasteiger partial charge in [-0.1, -0.05) is 24.3 Å². The smallest absolute Gasteiger partial charge is 0.379 e. The van der Waals surface area contributed by atoms with Crippen molar-refractivity contribution in [1.82, 2.24) is 0 Å². The van der Waals surface area contributed by atoms with E-state index < -0.39 is 11.8 Å². The first kappa shape index (κ1) is 12.4. The van der Waals surface area contributed by atoms with Crippen LogP contribution >= 0.6 is 0 Å². The first-order valence-electron chi connectivity index (χ1n) is 5.01. The maximum Gasteiger partial charge on any atom is 0.379 e. The zero-order valence-corrected chi connectivity index (χ0v) is 9.10. The van der Waals surface area contributed by atoms with E-state index in [0.29, 0.717) is 12.0 Å². The zero-order valence-electron chi connectivity index (χ0n) is 9.10. The van der Waals surface area contributed by atoms with Crippen molar-refractivity contribution in [2.75, 3.05) is 13.7 Å². The Kier molecular flexibility index (Phi) is 4.66. The van der Waals surface area contributed by atoms with Crippen LogP contribution in [0.25, 0.3) is 0 Å². The fourth-order valence-electron chi connectivity index (χ4n) is 1.32. The van der Waals surface area contributed by atoms with Crippen molar-refractivity contribution in [3.8, 4) is 0 Å². The average Bonchev–Trinajstić information content (AvgIpc) is 2.35. The second-order valence-corrected chi connectivity index (χ2v) is 3.34. The van der Waals surface area contributed by atoms with Gasteiger partial charge in [0.05, 0.1) is 7.11 Å². The van der Waals surface area contributed by atoms with Crippen LogP contribution < -0.4 is 0 Å². The van der Waals surface area contributed by atoms with Crippen LogP contribution in [-0.4, -0.2) is 30.6 Å². The molecule has 1 rings (SSSR count). The Balaban J connectivity index is 2.71. The fourth-order valence-corrected chi connectivity index (χ4v) is 1.32. The molecule has 0 unspecified atom stereocenters. The van der Waals surface area contributed by atoms with Gasteiger partial charge in [-0.2, -0.15) is 0 Å². The summed E-state index contributed by atoms with van der Waals surface area (Å²) in [5, 5.41) is 8.66. The highest BCUT2D eigenvalue weighted by Crippen LogP contribution is 2.07. The highest BCUT2D eigenvalue weighted by Gasteiger charge is 2.15. The molecule has 0 amide bonds. The molecule has 4 heteroatoms. The lowest BCUT2D eigenvalue weighted by Crippen LogP contribution is -2.15. The first-order valence-corrected chi connectivity index (χ1v) is 5.01. The van der Waals surface area contributed by atoms with E-state index in [2.05, 4.69) is 4.74 Å². The lowest BCUT2D eigenvalue weighted by molar-refractivity contribution is -0.135. The van der Waals surface area contributed by atoms with Gasteiger partial charge in [0.15, 0.2) is 0 Å². The summed E-state index contributed by atoms with van der Waals surface area (Å²) in [5.74, 6) is -1.50. The van der Waals surface area contributed by atoms with E-state index in [4.69, 9.17) is 5.11 Å². The van der Waals surface area contributed by atoms with Crippen molar-refractivity contribution in [3.63, 3.8) is 0 Å². The summed E-state index contributed by atoms with van der Waals surface area (Å²) in [7, 11) is 1.18. The number of aryl methyl sites for hydroxylation is 1. The average molecular weight is 222 g/mol. The van der Waals surface area contributed by atoms with Gasteiger partial charge in [0.1, 0.15) is 0 Å². The van der Waals surface area contributed by atoms with Crippen LogP contribution in [0.15, 0.2) is 24.3 Å². The van der Waals surface area contributed by atoms with Crippen LogP contribution in [0.3, 0.4) is 0 Å². The predicted octanol–water partition coefficient (Wildman–Crippen LogP) is 0.967. The molecule has 0 aliphatic rings. The van der Waals surface area contributed by atoms with Gasteiger partial charge in [0.2, 0.25) is 0 Å². The number of hydrogen-bond acceptors (Lipinski definition) is 4. The minimum atomic E-state index is -0.858. The van der Waals surface area contributed by atoms with Gasteiger partial charge in [0.25, 0.3) is 5.78 Å². The van der Waals surface area contributed by atoms with Crippen LogP contribution in [0.4, 0.5) is 0 Å². The monoisotopic (exact) mass is 222 g/mol. The molecule has 0 heterocycles. The lowest BCUT2D eigenvalue weighted by atomic mass is 10.1. The molecule has 86 valence electrons. The van der Waals surface area contributed by atoms with E-state index >= 15 is 0 Å². The van der Waals surface area contributed by atoms with Crippen LogP contribution in [0.1, 0.15) is 22.3 Å². The molecule has 0 saturated carbocycles. The highest BCUT2D eigenvalue weighted by molar-refractivity contribution is 6.40. The Labute approximate surface area is 93.9 Å². The molecule has 1 aromatic carbocycles. The first-order chi connectivity index (χ1) is 7.69. The third-order valence-electron chi connectivity index (χ3n) is 2.21. The van der Waals surface area contributed by atoms with Crippen molar-refractivity contribution in [3.05, 3.63) is 35.4 Å². The van der Waals surface area contributed by atoms with Crippen LogP contribution in [0.5, 0.6) is 0 Å². The summed E-state index contributed by atoms with van der Waals surface area (Å²) in [6.07, 6.45) is 1.44. The third-order valence-corrected chi connectivity index (χ3v) is 2.21. The van der Waals surface area contributed by atoms with Crippen molar-refractivity contribution >= 4 is 11.8 Å². The number of rotatable bonds is 5. The molecule has 0 aliphatic heterocycles. The number of aliphatic hydroxyl groups excluding tert-OH is 1. The number of Topliss-reactive ketones (excluding diaryl/α,β-unsaturated/α-hetero) is 1. The molecule has 4 nitrogen and oxygen atoms in total. The minimum absolute atomic E-state index is 0.142. The number of ether oxygens (including phenoxy) is 1. The summed E-state index contributed by atoms with van der Waals surface area (Å²) in [6, 6.07) is 6.72. The summed E-state index contributed by atoms with van der Waals surface area (Å²) >= 11 is 0. The van der Waals surface area contributed by atoms with Crippen molar-refractivity contribution in [2.45, 2.75) is 12.8 Å². The molecule has 0 fully saturated rings.